The number of fused-ring (bicyclic) bond motifs is 1. The van der Waals surface area contributed by atoms with E-state index in [1.54, 1.807) is 21.3 Å². The van der Waals surface area contributed by atoms with Gasteiger partial charge in [0, 0.05) is 16.5 Å². The lowest BCUT2D eigenvalue weighted by atomic mass is 9.99. The van der Waals surface area contributed by atoms with Crippen LogP contribution in [-0.4, -0.2) is 21.3 Å². The van der Waals surface area contributed by atoms with Gasteiger partial charge in [-0.2, -0.15) is 0 Å². The van der Waals surface area contributed by atoms with Crippen molar-refractivity contribution in [2.45, 2.75) is 32.2 Å². The first-order valence-corrected chi connectivity index (χ1v) is 9.76. The SMILES string of the molecule is CCCC[C@@H](Nc1ccc(OC)c2ccccc12)c1ccc(OC)c(OC)c1. The Morgan fingerprint density at radius 1 is 0.786 bits per heavy atom. The molecular weight excluding hydrogens is 350 g/mol. The van der Waals surface area contributed by atoms with Gasteiger partial charge in [0.25, 0.3) is 0 Å². The zero-order chi connectivity index (χ0) is 19.9. The molecule has 0 aromatic heterocycles. The highest BCUT2D eigenvalue weighted by molar-refractivity contribution is 5.98. The molecule has 0 heterocycles. The molecule has 1 N–H and O–H groups in total. The molecule has 0 saturated heterocycles. The number of unbranched alkanes of at least 4 members (excludes halogenated alkanes) is 1. The first-order chi connectivity index (χ1) is 13.7. The quantitative estimate of drug-likeness (QED) is 0.480. The third-order valence-corrected chi connectivity index (χ3v) is 5.09. The number of benzene rings is 3. The molecule has 1 atom stereocenters. The van der Waals surface area contributed by atoms with Gasteiger partial charge in [0.15, 0.2) is 11.5 Å². The minimum atomic E-state index is 0.177. The Labute approximate surface area is 167 Å². The first-order valence-electron chi connectivity index (χ1n) is 9.76. The van der Waals surface area contributed by atoms with Crippen molar-refractivity contribution in [3.63, 3.8) is 0 Å². The van der Waals surface area contributed by atoms with Gasteiger partial charge < -0.3 is 19.5 Å². The Balaban J connectivity index is 1.99. The molecule has 0 spiro atoms. The highest BCUT2D eigenvalue weighted by Crippen LogP contribution is 2.36. The van der Waals surface area contributed by atoms with Crippen LogP contribution in [0.2, 0.25) is 0 Å². The summed E-state index contributed by atoms with van der Waals surface area (Å²) in [7, 11) is 5.05. The first kappa shape index (κ1) is 19.9. The molecule has 148 valence electrons. The van der Waals surface area contributed by atoms with Gasteiger partial charge in [-0.15, -0.1) is 0 Å². The number of ether oxygens (including phenoxy) is 3. The summed E-state index contributed by atoms with van der Waals surface area (Å²) in [6, 6.07) is 18.8. The van der Waals surface area contributed by atoms with Crippen LogP contribution in [0, 0.1) is 0 Å². The topological polar surface area (TPSA) is 39.7 Å². The lowest BCUT2D eigenvalue weighted by molar-refractivity contribution is 0.354. The van der Waals surface area contributed by atoms with Gasteiger partial charge in [0.05, 0.1) is 27.4 Å². The van der Waals surface area contributed by atoms with E-state index in [1.165, 1.54) is 5.56 Å². The maximum Gasteiger partial charge on any atom is 0.161 e. The van der Waals surface area contributed by atoms with Crippen molar-refractivity contribution in [3.05, 3.63) is 60.2 Å². The third kappa shape index (κ3) is 4.16. The van der Waals surface area contributed by atoms with E-state index in [0.29, 0.717) is 0 Å². The van der Waals surface area contributed by atoms with E-state index in [2.05, 4.69) is 48.6 Å². The molecule has 0 aliphatic rings. The number of hydrogen-bond donors (Lipinski definition) is 1. The summed E-state index contributed by atoms with van der Waals surface area (Å²) < 4.78 is 16.4. The van der Waals surface area contributed by atoms with E-state index >= 15 is 0 Å². The summed E-state index contributed by atoms with van der Waals surface area (Å²) >= 11 is 0. The van der Waals surface area contributed by atoms with E-state index in [9.17, 15) is 0 Å². The van der Waals surface area contributed by atoms with E-state index < -0.39 is 0 Å². The maximum absolute atomic E-state index is 5.53. The molecule has 0 saturated carbocycles. The van der Waals surface area contributed by atoms with Crippen LogP contribution < -0.4 is 19.5 Å². The van der Waals surface area contributed by atoms with Crippen LogP contribution in [0.1, 0.15) is 37.8 Å². The molecule has 4 heteroatoms. The van der Waals surface area contributed by atoms with Gasteiger partial charge in [-0.1, -0.05) is 50.1 Å². The summed E-state index contributed by atoms with van der Waals surface area (Å²) in [6.45, 7) is 2.22. The lowest BCUT2D eigenvalue weighted by Crippen LogP contribution is -2.11. The summed E-state index contributed by atoms with van der Waals surface area (Å²) in [5.41, 5.74) is 2.29. The van der Waals surface area contributed by atoms with Crippen LogP contribution in [0.3, 0.4) is 0 Å². The molecule has 0 radical (unpaired) electrons. The minimum absolute atomic E-state index is 0.177. The Hall–Kier alpha value is -2.88. The molecule has 4 nitrogen and oxygen atoms in total. The average Bonchev–Trinajstić information content (AvgIpc) is 2.76. The monoisotopic (exact) mass is 379 g/mol. The fourth-order valence-corrected chi connectivity index (χ4v) is 3.56. The lowest BCUT2D eigenvalue weighted by Gasteiger charge is -2.23. The van der Waals surface area contributed by atoms with Crippen molar-refractivity contribution in [2.24, 2.45) is 0 Å². The smallest absolute Gasteiger partial charge is 0.161 e. The minimum Gasteiger partial charge on any atom is -0.496 e. The van der Waals surface area contributed by atoms with Crippen LogP contribution >= 0.6 is 0 Å². The zero-order valence-electron chi connectivity index (χ0n) is 17.1. The predicted octanol–water partition coefficient (Wildman–Crippen LogP) is 6.21. The van der Waals surface area contributed by atoms with Crippen LogP contribution in [0.15, 0.2) is 54.6 Å². The van der Waals surface area contributed by atoms with Gasteiger partial charge in [-0.05, 0) is 36.2 Å². The number of rotatable bonds is 9. The van der Waals surface area contributed by atoms with Gasteiger partial charge >= 0.3 is 0 Å². The van der Waals surface area contributed by atoms with E-state index in [0.717, 1.165) is 53.0 Å². The molecule has 0 fully saturated rings. The molecular formula is C24H29NO3. The number of nitrogens with one attached hydrogen (secondary N) is 1. The number of hydrogen-bond acceptors (Lipinski definition) is 4. The van der Waals surface area contributed by atoms with Gasteiger partial charge in [0.1, 0.15) is 5.75 Å². The second-order valence-electron chi connectivity index (χ2n) is 6.81. The predicted molar refractivity (Wildman–Crippen MR) is 116 cm³/mol. The third-order valence-electron chi connectivity index (χ3n) is 5.09. The molecule has 0 amide bonds. The van der Waals surface area contributed by atoms with Crippen LogP contribution in [0.25, 0.3) is 10.8 Å². The summed E-state index contributed by atoms with van der Waals surface area (Å²) in [4.78, 5) is 0. The molecule has 0 bridgehead atoms. The zero-order valence-corrected chi connectivity index (χ0v) is 17.1. The molecule has 28 heavy (non-hydrogen) atoms. The van der Waals surface area contributed by atoms with E-state index in [4.69, 9.17) is 14.2 Å². The molecule has 3 rings (SSSR count). The van der Waals surface area contributed by atoms with Gasteiger partial charge in [0.2, 0.25) is 0 Å². The summed E-state index contributed by atoms with van der Waals surface area (Å²) in [5.74, 6) is 2.38. The molecule has 0 aliphatic carbocycles. The van der Waals surface area contributed by atoms with Crippen molar-refractivity contribution in [3.8, 4) is 17.2 Å². The second-order valence-corrected chi connectivity index (χ2v) is 6.81. The van der Waals surface area contributed by atoms with Crippen molar-refractivity contribution in [2.75, 3.05) is 26.6 Å². The van der Waals surface area contributed by atoms with Crippen molar-refractivity contribution >= 4 is 16.5 Å². The Morgan fingerprint density at radius 2 is 1.46 bits per heavy atom. The molecule has 3 aromatic carbocycles. The van der Waals surface area contributed by atoms with Gasteiger partial charge in [-0.3, -0.25) is 0 Å². The summed E-state index contributed by atoms with van der Waals surface area (Å²) in [5, 5.41) is 6.03. The highest BCUT2D eigenvalue weighted by atomic mass is 16.5. The van der Waals surface area contributed by atoms with Crippen molar-refractivity contribution in [1.29, 1.82) is 0 Å². The average molecular weight is 380 g/mol. The molecule has 3 aromatic rings. The largest absolute Gasteiger partial charge is 0.496 e. The Morgan fingerprint density at radius 3 is 2.14 bits per heavy atom. The fourth-order valence-electron chi connectivity index (χ4n) is 3.56. The van der Waals surface area contributed by atoms with Crippen LogP contribution in [0.5, 0.6) is 17.2 Å². The Kier molecular flexibility index (Phi) is 6.64. The van der Waals surface area contributed by atoms with E-state index in [-0.39, 0.29) is 6.04 Å². The normalized spacial score (nSPS) is 11.9. The number of methoxy groups -OCH3 is 3. The Bertz CT molecular complexity index is 923. The standard InChI is InChI=1S/C24H29NO3/c1-5-6-11-20(17-12-14-23(27-3)24(16-17)28-4)25-21-13-15-22(26-2)19-10-8-7-9-18(19)21/h7-10,12-16,20,25H,5-6,11H2,1-4H3/t20-/m1/s1. The van der Waals surface area contributed by atoms with Crippen LogP contribution in [0.4, 0.5) is 5.69 Å². The highest BCUT2D eigenvalue weighted by Gasteiger charge is 2.16. The van der Waals surface area contributed by atoms with Crippen molar-refractivity contribution < 1.29 is 14.2 Å². The summed E-state index contributed by atoms with van der Waals surface area (Å²) in [6.07, 6.45) is 3.32. The second kappa shape index (κ2) is 9.36. The molecule has 0 unspecified atom stereocenters. The van der Waals surface area contributed by atoms with Crippen molar-refractivity contribution in [1.82, 2.24) is 0 Å². The number of anilines is 1. The van der Waals surface area contributed by atoms with Crippen LogP contribution in [-0.2, 0) is 0 Å². The van der Waals surface area contributed by atoms with Gasteiger partial charge in [-0.25, -0.2) is 0 Å². The maximum atomic E-state index is 5.53. The fraction of sp³-hybridized carbons (Fsp3) is 0.333. The molecule has 0 aliphatic heterocycles. The van der Waals surface area contributed by atoms with E-state index in [1.807, 2.05) is 18.2 Å².